The Kier molecular flexibility index (Phi) is 3.36. The van der Waals surface area contributed by atoms with Crippen LogP contribution in [0.25, 0.3) is 0 Å². The van der Waals surface area contributed by atoms with Crippen molar-refractivity contribution in [3.8, 4) is 0 Å². The SMILES string of the molecule is C=C1C(=O)OC2(CCCC2)C1C(O)(C(F)(F)F)C(F)(F)F. The number of esters is 1. The maximum atomic E-state index is 13.0. The average Bonchev–Trinajstić information content (AvgIpc) is 2.83. The third kappa shape index (κ3) is 2.04. The normalized spacial score (nSPS) is 26.5. The Morgan fingerprint density at radius 2 is 1.52 bits per heavy atom. The summed E-state index contributed by atoms with van der Waals surface area (Å²) in [5, 5.41) is 9.55. The molecule has 1 N–H and O–H groups in total. The van der Waals surface area contributed by atoms with Gasteiger partial charge in [-0.1, -0.05) is 6.58 Å². The van der Waals surface area contributed by atoms with Crippen LogP contribution in [0.1, 0.15) is 25.7 Å². The van der Waals surface area contributed by atoms with Crippen LogP contribution in [0.4, 0.5) is 26.3 Å². The number of carbonyl (C=O) groups excluding carboxylic acids is 1. The molecule has 1 saturated heterocycles. The molecule has 120 valence electrons. The molecule has 2 rings (SSSR count). The summed E-state index contributed by atoms with van der Waals surface area (Å²) in [6.45, 7) is 2.99. The molecule has 0 radical (unpaired) electrons. The quantitative estimate of drug-likeness (QED) is 0.459. The van der Waals surface area contributed by atoms with E-state index in [9.17, 15) is 36.2 Å². The third-order valence-corrected chi connectivity index (χ3v) is 4.16. The summed E-state index contributed by atoms with van der Waals surface area (Å²) in [4.78, 5) is 11.5. The summed E-state index contributed by atoms with van der Waals surface area (Å²) in [5.74, 6) is -3.91. The number of hydrogen-bond acceptors (Lipinski definition) is 3. The van der Waals surface area contributed by atoms with E-state index in [-0.39, 0.29) is 12.8 Å². The second kappa shape index (κ2) is 4.37. The van der Waals surface area contributed by atoms with Crippen LogP contribution in [0.2, 0.25) is 0 Å². The van der Waals surface area contributed by atoms with Gasteiger partial charge in [0.2, 0.25) is 0 Å². The Labute approximate surface area is 115 Å². The number of alkyl halides is 6. The van der Waals surface area contributed by atoms with Crippen molar-refractivity contribution in [3.05, 3.63) is 12.2 Å². The first-order chi connectivity index (χ1) is 9.37. The van der Waals surface area contributed by atoms with Gasteiger partial charge in [-0.3, -0.25) is 0 Å². The van der Waals surface area contributed by atoms with Crippen LogP contribution in [-0.2, 0) is 9.53 Å². The first-order valence-electron chi connectivity index (χ1n) is 6.15. The summed E-state index contributed by atoms with van der Waals surface area (Å²) in [5.41, 5.74) is -8.05. The summed E-state index contributed by atoms with van der Waals surface area (Å²) in [6, 6.07) is 0. The summed E-state index contributed by atoms with van der Waals surface area (Å²) in [7, 11) is 0. The lowest BCUT2D eigenvalue weighted by atomic mass is 9.71. The molecule has 0 aromatic heterocycles. The van der Waals surface area contributed by atoms with Crippen LogP contribution in [0.15, 0.2) is 12.2 Å². The lowest BCUT2D eigenvalue weighted by molar-refractivity contribution is -0.389. The number of rotatable bonds is 1. The molecular formula is C12H12F6O3. The van der Waals surface area contributed by atoms with E-state index in [2.05, 4.69) is 6.58 Å². The summed E-state index contributed by atoms with van der Waals surface area (Å²) < 4.78 is 82.8. The topological polar surface area (TPSA) is 46.5 Å². The highest BCUT2D eigenvalue weighted by Crippen LogP contribution is 2.59. The van der Waals surface area contributed by atoms with Gasteiger partial charge in [0.1, 0.15) is 5.60 Å². The van der Waals surface area contributed by atoms with E-state index in [1.165, 1.54) is 0 Å². The van der Waals surface area contributed by atoms with Crippen molar-refractivity contribution in [2.24, 2.45) is 5.92 Å². The van der Waals surface area contributed by atoms with Gasteiger partial charge in [-0.25, -0.2) is 4.79 Å². The van der Waals surface area contributed by atoms with Crippen molar-refractivity contribution < 1.29 is 41.0 Å². The largest absolute Gasteiger partial charge is 0.455 e. The van der Waals surface area contributed by atoms with Crippen LogP contribution < -0.4 is 0 Å². The molecule has 1 aliphatic heterocycles. The van der Waals surface area contributed by atoms with Crippen LogP contribution in [0, 0.1) is 5.92 Å². The second-order valence-corrected chi connectivity index (χ2v) is 5.38. The fraction of sp³-hybridized carbons (Fsp3) is 0.750. The molecular weight excluding hydrogens is 306 g/mol. The van der Waals surface area contributed by atoms with Gasteiger partial charge in [0.05, 0.1) is 5.92 Å². The molecule has 0 amide bonds. The van der Waals surface area contributed by atoms with E-state index in [0.29, 0.717) is 12.8 Å². The Bertz CT molecular complexity index is 458. The third-order valence-electron chi connectivity index (χ3n) is 4.16. The van der Waals surface area contributed by atoms with Crippen molar-refractivity contribution in [2.45, 2.75) is 49.2 Å². The summed E-state index contributed by atoms with van der Waals surface area (Å²) >= 11 is 0. The van der Waals surface area contributed by atoms with Crippen molar-refractivity contribution >= 4 is 5.97 Å². The number of hydrogen-bond donors (Lipinski definition) is 1. The van der Waals surface area contributed by atoms with Gasteiger partial charge >= 0.3 is 18.3 Å². The van der Waals surface area contributed by atoms with Crippen LogP contribution in [0.3, 0.4) is 0 Å². The van der Waals surface area contributed by atoms with Gasteiger partial charge in [-0.2, -0.15) is 26.3 Å². The van der Waals surface area contributed by atoms with E-state index < -0.39 is 41.0 Å². The van der Waals surface area contributed by atoms with Crippen molar-refractivity contribution in [1.82, 2.24) is 0 Å². The van der Waals surface area contributed by atoms with E-state index >= 15 is 0 Å². The highest BCUT2D eigenvalue weighted by atomic mass is 19.4. The molecule has 21 heavy (non-hydrogen) atoms. The van der Waals surface area contributed by atoms with Gasteiger partial charge in [-0.05, 0) is 25.7 Å². The Morgan fingerprint density at radius 3 is 1.90 bits per heavy atom. The first kappa shape index (κ1) is 16.1. The highest BCUT2D eigenvalue weighted by Gasteiger charge is 2.80. The molecule has 1 atom stereocenters. The molecule has 1 spiro atoms. The van der Waals surface area contributed by atoms with E-state index in [4.69, 9.17) is 4.74 Å². The molecule has 0 bridgehead atoms. The lowest BCUT2D eigenvalue weighted by Crippen LogP contribution is -2.65. The second-order valence-electron chi connectivity index (χ2n) is 5.38. The fourth-order valence-corrected chi connectivity index (χ4v) is 3.23. The van der Waals surface area contributed by atoms with E-state index in [1.807, 2.05) is 0 Å². The van der Waals surface area contributed by atoms with Gasteiger partial charge in [-0.15, -0.1) is 0 Å². The maximum Gasteiger partial charge on any atom is 0.427 e. The zero-order valence-corrected chi connectivity index (χ0v) is 10.6. The minimum atomic E-state index is -6.01. The minimum Gasteiger partial charge on any atom is -0.455 e. The number of carbonyl (C=O) groups is 1. The Morgan fingerprint density at radius 1 is 1.10 bits per heavy atom. The summed E-state index contributed by atoms with van der Waals surface area (Å²) in [6.07, 6.45) is -11.7. The number of aliphatic hydroxyl groups is 1. The van der Waals surface area contributed by atoms with Crippen molar-refractivity contribution in [3.63, 3.8) is 0 Å². The fourth-order valence-electron chi connectivity index (χ4n) is 3.23. The molecule has 2 fully saturated rings. The molecule has 1 unspecified atom stereocenters. The minimum absolute atomic E-state index is 0.170. The molecule has 1 saturated carbocycles. The first-order valence-corrected chi connectivity index (χ1v) is 6.15. The van der Waals surface area contributed by atoms with Crippen LogP contribution in [-0.4, -0.2) is 34.6 Å². The standard InChI is InChI=1S/C12H12F6O3/c1-6-7(9(21-8(6)19)4-2-3-5-9)10(20,11(13,14)15)12(16,17)18/h7,20H,1-5H2. The molecule has 0 aromatic rings. The van der Waals surface area contributed by atoms with Crippen LogP contribution >= 0.6 is 0 Å². The van der Waals surface area contributed by atoms with Crippen molar-refractivity contribution in [1.29, 1.82) is 0 Å². The van der Waals surface area contributed by atoms with Gasteiger partial charge in [0, 0.05) is 5.57 Å². The van der Waals surface area contributed by atoms with E-state index in [1.54, 1.807) is 0 Å². The Hall–Kier alpha value is -1.25. The zero-order valence-electron chi connectivity index (χ0n) is 10.6. The molecule has 0 aromatic carbocycles. The molecule has 1 heterocycles. The van der Waals surface area contributed by atoms with Gasteiger partial charge in [0.15, 0.2) is 0 Å². The lowest BCUT2D eigenvalue weighted by Gasteiger charge is -2.42. The van der Waals surface area contributed by atoms with Gasteiger partial charge < -0.3 is 9.84 Å². The predicted molar refractivity (Wildman–Crippen MR) is 57.0 cm³/mol. The monoisotopic (exact) mass is 318 g/mol. The number of ether oxygens (including phenoxy) is 1. The van der Waals surface area contributed by atoms with E-state index in [0.717, 1.165) is 0 Å². The van der Waals surface area contributed by atoms with Crippen molar-refractivity contribution in [2.75, 3.05) is 0 Å². The molecule has 1 aliphatic carbocycles. The number of halogens is 6. The smallest absolute Gasteiger partial charge is 0.427 e. The van der Waals surface area contributed by atoms with Gasteiger partial charge in [0.25, 0.3) is 5.60 Å². The van der Waals surface area contributed by atoms with Crippen LogP contribution in [0.5, 0.6) is 0 Å². The molecule has 2 aliphatic rings. The molecule has 3 nitrogen and oxygen atoms in total. The Balaban J connectivity index is 2.63. The highest BCUT2D eigenvalue weighted by molar-refractivity contribution is 5.92. The zero-order chi connectivity index (χ0) is 16.3. The predicted octanol–water partition coefficient (Wildman–Crippen LogP) is 2.88. The maximum absolute atomic E-state index is 13.0. The molecule has 9 heteroatoms. The average molecular weight is 318 g/mol.